The number of fused-ring (bicyclic) bond motifs is 1. The number of carbonyl (C=O) groups is 1. The van der Waals surface area contributed by atoms with E-state index in [-0.39, 0.29) is 11.7 Å². The topological polar surface area (TPSA) is 66.6 Å². The number of rotatable bonds is 1. The molecule has 102 valence electrons. The van der Waals surface area contributed by atoms with Crippen molar-refractivity contribution in [3.63, 3.8) is 0 Å². The molecule has 2 aromatic rings. The molecule has 1 heterocycles. The minimum atomic E-state index is -0.0816. The van der Waals surface area contributed by atoms with Gasteiger partial charge in [0.25, 0.3) is 5.91 Å². The highest BCUT2D eigenvalue weighted by Gasteiger charge is 2.26. The van der Waals surface area contributed by atoms with Crippen LogP contribution in [-0.4, -0.2) is 17.6 Å². The normalized spacial score (nSPS) is 13.3. The molecule has 20 heavy (non-hydrogen) atoms. The van der Waals surface area contributed by atoms with Crippen molar-refractivity contribution >= 4 is 17.3 Å². The molecule has 0 fully saturated rings. The molecule has 0 bridgehead atoms. The Morgan fingerprint density at radius 2 is 2.10 bits per heavy atom. The molecule has 4 heteroatoms. The first-order valence-corrected chi connectivity index (χ1v) is 6.57. The Kier molecular flexibility index (Phi) is 2.86. The van der Waals surface area contributed by atoms with Gasteiger partial charge in [-0.2, -0.15) is 0 Å². The molecule has 0 saturated carbocycles. The quantitative estimate of drug-likeness (QED) is 0.781. The second kappa shape index (κ2) is 4.56. The maximum atomic E-state index is 12.7. The van der Waals surface area contributed by atoms with E-state index in [1.807, 2.05) is 12.1 Å². The van der Waals surface area contributed by atoms with Crippen LogP contribution in [0.3, 0.4) is 0 Å². The number of hydrogen-bond acceptors (Lipinski definition) is 3. The molecule has 0 unspecified atom stereocenters. The maximum Gasteiger partial charge on any atom is 0.258 e. The lowest BCUT2D eigenvalue weighted by molar-refractivity contribution is 0.0988. The summed E-state index contributed by atoms with van der Waals surface area (Å²) in [7, 11) is 0. The second-order valence-electron chi connectivity index (χ2n) is 5.04. The largest absolute Gasteiger partial charge is 0.508 e. The molecule has 0 aliphatic carbocycles. The zero-order valence-electron chi connectivity index (χ0n) is 11.3. The van der Waals surface area contributed by atoms with E-state index in [1.165, 1.54) is 0 Å². The van der Waals surface area contributed by atoms with Gasteiger partial charge in [0, 0.05) is 29.0 Å². The van der Waals surface area contributed by atoms with Gasteiger partial charge in [0.15, 0.2) is 0 Å². The minimum Gasteiger partial charge on any atom is -0.508 e. The van der Waals surface area contributed by atoms with Crippen LogP contribution in [0.2, 0.25) is 0 Å². The van der Waals surface area contributed by atoms with Gasteiger partial charge in [-0.1, -0.05) is 6.07 Å². The SMILES string of the molecule is Cc1c(O)cccc1C(=O)N1CCc2cc(N)ccc21. The van der Waals surface area contributed by atoms with Crippen LogP contribution in [0.25, 0.3) is 0 Å². The van der Waals surface area contributed by atoms with E-state index in [0.717, 1.165) is 17.7 Å². The predicted molar refractivity (Wildman–Crippen MR) is 79.1 cm³/mol. The van der Waals surface area contributed by atoms with Gasteiger partial charge in [0.2, 0.25) is 0 Å². The van der Waals surface area contributed by atoms with Crippen molar-refractivity contribution in [3.05, 3.63) is 53.1 Å². The minimum absolute atomic E-state index is 0.0816. The van der Waals surface area contributed by atoms with Crippen LogP contribution >= 0.6 is 0 Å². The molecule has 0 spiro atoms. The standard InChI is InChI=1S/C16H16N2O2/c1-10-13(3-2-4-15(10)19)16(20)18-8-7-11-9-12(17)5-6-14(11)18/h2-6,9,19H,7-8,17H2,1H3. The van der Waals surface area contributed by atoms with Crippen molar-refractivity contribution in [2.45, 2.75) is 13.3 Å². The Balaban J connectivity index is 2.00. The van der Waals surface area contributed by atoms with Crippen LogP contribution in [0.5, 0.6) is 5.75 Å². The van der Waals surface area contributed by atoms with Gasteiger partial charge >= 0.3 is 0 Å². The molecular weight excluding hydrogens is 252 g/mol. The maximum absolute atomic E-state index is 12.7. The van der Waals surface area contributed by atoms with E-state index in [4.69, 9.17) is 5.73 Å². The van der Waals surface area contributed by atoms with E-state index >= 15 is 0 Å². The first-order valence-electron chi connectivity index (χ1n) is 6.57. The number of hydrogen-bond donors (Lipinski definition) is 2. The first kappa shape index (κ1) is 12.5. The Hall–Kier alpha value is -2.49. The monoisotopic (exact) mass is 268 g/mol. The van der Waals surface area contributed by atoms with Gasteiger partial charge in [0.05, 0.1) is 0 Å². The smallest absolute Gasteiger partial charge is 0.258 e. The van der Waals surface area contributed by atoms with E-state index in [0.29, 0.717) is 23.4 Å². The highest BCUT2D eigenvalue weighted by Crippen LogP contribution is 2.32. The summed E-state index contributed by atoms with van der Waals surface area (Å²) in [4.78, 5) is 14.4. The van der Waals surface area contributed by atoms with Crippen LogP contribution < -0.4 is 10.6 Å². The van der Waals surface area contributed by atoms with Crippen LogP contribution in [0.1, 0.15) is 21.5 Å². The number of nitrogen functional groups attached to an aromatic ring is 1. The third-order valence-corrected chi connectivity index (χ3v) is 3.78. The number of nitrogens with two attached hydrogens (primary N) is 1. The lowest BCUT2D eigenvalue weighted by Crippen LogP contribution is -2.29. The molecular formula is C16H16N2O2. The second-order valence-corrected chi connectivity index (χ2v) is 5.04. The zero-order valence-corrected chi connectivity index (χ0v) is 11.3. The van der Waals surface area contributed by atoms with Gasteiger partial charge in [-0.15, -0.1) is 0 Å². The number of phenols is 1. The molecule has 2 aromatic carbocycles. The van der Waals surface area contributed by atoms with Gasteiger partial charge in [-0.25, -0.2) is 0 Å². The number of phenolic OH excluding ortho intramolecular Hbond substituents is 1. The Morgan fingerprint density at radius 3 is 2.90 bits per heavy atom. The van der Waals surface area contributed by atoms with Crippen molar-refractivity contribution in [3.8, 4) is 5.75 Å². The van der Waals surface area contributed by atoms with E-state index < -0.39 is 0 Å². The summed E-state index contributed by atoms with van der Waals surface area (Å²) in [6.07, 6.45) is 0.810. The van der Waals surface area contributed by atoms with Crippen molar-refractivity contribution in [1.29, 1.82) is 0 Å². The lowest BCUT2D eigenvalue weighted by atomic mass is 10.1. The molecule has 1 aliphatic heterocycles. The molecule has 3 rings (SSSR count). The fraction of sp³-hybridized carbons (Fsp3) is 0.188. The zero-order chi connectivity index (χ0) is 14.3. The molecule has 0 radical (unpaired) electrons. The average molecular weight is 268 g/mol. The number of aromatic hydroxyl groups is 1. The lowest BCUT2D eigenvalue weighted by Gasteiger charge is -2.19. The van der Waals surface area contributed by atoms with Crippen molar-refractivity contribution < 1.29 is 9.90 Å². The molecule has 0 saturated heterocycles. The number of benzene rings is 2. The van der Waals surface area contributed by atoms with Crippen LogP contribution in [0.15, 0.2) is 36.4 Å². The molecule has 4 nitrogen and oxygen atoms in total. The number of carbonyl (C=O) groups excluding carboxylic acids is 1. The summed E-state index contributed by atoms with van der Waals surface area (Å²) in [6.45, 7) is 2.40. The summed E-state index contributed by atoms with van der Waals surface area (Å²) in [5, 5.41) is 9.74. The van der Waals surface area contributed by atoms with Gasteiger partial charge in [-0.3, -0.25) is 4.79 Å². The number of anilines is 2. The van der Waals surface area contributed by atoms with Gasteiger partial charge in [-0.05, 0) is 49.2 Å². The van der Waals surface area contributed by atoms with Crippen LogP contribution in [0.4, 0.5) is 11.4 Å². The van der Waals surface area contributed by atoms with E-state index in [9.17, 15) is 9.90 Å². The van der Waals surface area contributed by atoms with Crippen molar-refractivity contribution in [2.75, 3.05) is 17.2 Å². The van der Waals surface area contributed by atoms with Crippen molar-refractivity contribution in [1.82, 2.24) is 0 Å². The van der Waals surface area contributed by atoms with Crippen molar-refractivity contribution in [2.24, 2.45) is 0 Å². The average Bonchev–Trinajstić information content (AvgIpc) is 2.84. The fourth-order valence-corrected chi connectivity index (χ4v) is 2.63. The summed E-state index contributed by atoms with van der Waals surface area (Å²) >= 11 is 0. The predicted octanol–water partition coefficient (Wildman–Crippen LogP) is 2.49. The number of amides is 1. The van der Waals surface area contributed by atoms with Crippen LogP contribution in [0, 0.1) is 6.92 Å². The molecule has 0 aromatic heterocycles. The molecule has 0 atom stereocenters. The van der Waals surface area contributed by atoms with Gasteiger partial charge < -0.3 is 15.7 Å². The van der Waals surface area contributed by atoms with E-state index in [2.05, 4.69) is 0 Å². The van der Waals surface area contributed by atoms with Gasteiger partial charge in [0.1, 0.15) is 5.75 Å². The summed E-state index contributed by atoms with van der Waals surface area (Å²) in [5.74, 6) is 0.0643. The summed E-state index contributed by atoms with van der Waals surface area (Å²) < 4.78 is 0. The fourth-order valence-electron chi connectivity index (χ4n) is 2.63. The Morgan fingerprint density at radius 1 is 1.30 bits per heavy atom. The third kappa shape index (κ3) is 1.90. The number of nitrogens with zero attached hydrogens (tertiary/aromatic N) is 1. The third-order valence-electron chi connectivity index (χ3n) is 3.78. The molecule has 1 amide bonds. The molecule has 3 N–H and O–H groups in total. The Labute approximate surface area is 117 Å². The van der Waals surface area contributed by atoms with Crippen LogP contribution in [-0.2, 0) is 6.42 Å². The highest BCUT2D eigenvalue weighted by molar-refractivity contribution is 6.08. The van der Waals surface area contributed by atoms with E-state index in [1.54, 1.807) is 36.1 Å². The first-order chi connectivity index (χ1) is 9.58. The highest BCUT2D eigenvalue weighted by atomic mass is 16.3. The summed E-state index contributed by atoms with van der Waals surface area (Å²) in [6, 6.07) is 10.6. The summed E-state index contributed by atoms with van der Waals surface area (Å²) in [5.41, 5.74) is 9.64. The Bertz CT molecular complexity index is 695. The molecule has 1 aliphatic rings.